The van der Waals surface area contributed by atoms with E-state index >= 15 is 0 Å². The minimum atomic E-state index is -4.22. The molecule has 0 bridgehead atoms. The van der Waals surface area contributed by atoms with Gasteiger partial charge in [-0.15, -0.1) is 5.10 Å². The van der Waals surface area contributed by atoms with Gasteiger partial charge in [0.05, 0.1) is 28.3 Å². The van der Waals surface area contributed by atoms with Crippen LogP contribution in [0.25, 0.3) is 0 Å². The molecule has 2 unspecified atom stereocenters. The van der Waals surface area contributed by atoms with Crippen LogP contribution in [0.2, 0.25) is 5.02 Å². The first kappa shape index (κ1) is 28.1. The fourth-order valence-electron chi connectivity index (χ4n) is 4.71. The first-order valence-corrected chi connectivity index (χ1v) is 14.7. The molecule has 5 rings (SSSR count). The number of benzene rings is 2. The third kappa shape index (κ3) is 5.56. The van der Waals surface area contributed by atoms with E-state index in [4.69, 9.17) is 16.3 Å². The van der Waals surface area contributed by atoms with Crippen LogP contribution in [0.4, 0.5) is 4.39 Å². The van der Waals surface area contributed by atoms with Gasteiger partial charge in [0.25, 0.3) is 10.0 Å². The summed E-state index contributed by atoms with van der Waals surface area (Å²) in [6, 6.07) is 8.45. The van der Waals surface area contributed by atoms with Gasteiger partial charge in [-0.1, -0.05) is 28.9 Å². The smallest absolute Gasteiger partial charge is 0.264 e. The van der Waals surface area contributed by atoms with E-state index in [1.807, 2.05) is 6.07 Å². The summed E-state index contributed by atoms with van der Waals surface area (Å²) >= 11 is 5.82. The maximum atomic E-state index is 13.7. The van der Waals surface area contributed by atoms with Crippen LogP contribution in [0, 0.1) is 5.82 Å². The van der Waals surface area contributed by atoms with Crippen molar-refractivity contribution in [1.29, 1.82) is 0 Å². The van der Waals surface area contributed by atoms with E-state index in [0.717, 1.165) is 45.9 Å². The zero-order chi connectivity index (χ0) is 28.6. The minimum Gasteiger partial charge on any atom is -0.493 e. The molecule has 13 heteroatoms. The zero-order valence-corrected chi connectivity index (χ0v) is 23.9. The molecule has 0 saturated heterocycles. The van der Waals surface area contributed by atoms with Gasteiger partial charge in [-0.2, -0.15) is 0 Å². The maximum Gasteiger partial charge on any atom is 0.264 e. The van der Waals surface area contributed by atoms with Crippen LogP contribution in [-0.2, 0) is 27.8 Å². The highest BCUT2D eigenvalue weighted by Gasteiger charge is 2.37. The van der Waals surface area contributed by atoms with Gasteiger partial charge in [-0.25, -0.2) is 17.5 Å². The Balaban J connectivity index is 1.37. The predicted molar refractivity (Wildman–Crippen MR) is 147 cm³/mol. The third-order valence-corrected chi connectivity index (χ3v) is 9.27. The maximum absolute atomic E-state index is 13.7. The van der Waals surface area contributed by atoms with Crippen molar-refractivity contribution >= 4 is 27.5 Å². The Hall–Kier alpha value is -3.48. The lowest BCUT2D eigenvalue weighted by Crippen LogP contribution is -2.50. The van der Waals surface area contributed by atoms with Crippen LogP contribution in [-0.4, -0.2) is 64.3 Å². The number of carbonyl (C=O) groups is 1. The van der Waals surface area contributed by atoms with Gasteiger partial charge in [0.2, 0.25) is 5.91 Å². The Bertz CT molecular complexity index is 1560. The van der Waals surface area contributed by atoms with E-state index in [-0.39, 0.29) is 22.4 Å². The van der Waals surface area contributed by atoms with Crippen molar-refractivity contribution in [3.8, 4) is 5.75 Å². The summed E-state index contributed by atoms with van der Waals surface area (Å²) in [5.41, 5.74) is 2.57. The highest BCUT2D eigenvalue weighted by Crippen LogP contribution is 2.35. The number of halogens is 2. The normalized spacial score (nSPS) is 19.1. The highest BCUT2D eigenvalue weighted by molar-refractivity contribution is 7.89. The molecule has 2 aliphatic heterocycles. The van der Waals surface area contributed by atoms with E-state index in [2.05, 4.69) is 53.6 Å². The summed E-state index contributed by atoms with van der Waals surface area (Å²) in [5.74, 6) is -0.464. The molecule has 2 aliphatic rings. The summed E-state index contributed by atoms with van der Waals surface area (Å²) in [5, 5.41) is 10.8. The Morgan fingerprint density at radius 3 is 2.80 bits per heavy atom. The lowest BCUT2D eigenvalue weighted by atomic mass is 9.98. The summed E-state index contributed by atoms with van der Waals surface area (Å²) in [6.07, 6.45) is 4.88. The fourth-order valence-corrected chi connectivity index (χ4v) is 6.44. The second-order valence-corrected chi connectivity index (χ2v) is 12.4. The van der Waals surface area contributed by atoms with Crippen molar-refractivity contribution in [2.75, 3.05) is 13.7 Å². The van der Waals surface area contributed by atoms with Crippen molar-refractivity contribution in [3.63, 3.8) is 0 Å². The van der Waals surface area contributed by atoms with Crippen LogP contribution < -0.4 is 10.1 Å². The number of hydrogen-bond donors (Lipinski definition) is 1. The van der Waals surface area contributed by atoms with Crippen LogP contribution >= 0.6 is 11.6 Å². The first-order chi connectivity index (χ1) is 19.0. The lowest BCUT2D eigenvalue weighted by molar-refractivity contribution is -0.124. The van der Waals surface area contributed by atoms with Gasteiger partial charge >= 0.3 is 0 Å². The van der Waals surface area contributed by atoms with Crippen molar-refractivity contribution in [2.24, 2.45) is 0 Å². The number of nitrogens with one attached hydrogen (secondary N) is 1. The number of rotatable bonds is 8. The standard InChI is InChI=1S/C27H30ClFN6O4S/c1-17(2)33(3)15-18-4-6-21-24(8-11-39-26(21)12-18)34-16-19(31-32-34)13-25-27(36)30-9-10-35(25)40(37,38)20-5-7-23(29)22(28)14-20/h4-7,9-10,12,14,16-17,24-25H,8,11,13,15H2,1-3H3,(H,30,36). The number of aromatic nitrogens is 3. The summed E-state index contributed by atoms with van der Waals surface area (Å²) in [7, 11) is -2.14. The van der Waals surface area contributed by atoms with Gasteiger partial charge in [0.1, 0.15) is 17.6 Å². The molecule has 1 N–H and O–H groups in total. The molecular weight excluding hydrogens is 559 g/mol. The Kier molecular flexibility index (Phi) is 7.85. The molecular formula is C27H30ClFN6O4S. The van der Waals surface area contributed by atoms with Gasteiger partial charge in [-0.3, -0.25) is 14.0 Å². The Labute approximate surface area is 237 Å². The number of sulfonamides is 1. The van der Waals surface area contributed by atoms with E-state index in [0.29, 0.717) is 24.8 Å². The van der Waals surface area contributed by atoms with Crippen molar-refractivity contribution in [2.45, 2.75) is 56.3 Å². The monoisotopic (exact) mass is 588 g/mol. The predicted octanol–water partition coefficient (Wildman–Crippen LogP) is 3.49. The topological polar surface area (TPSA) is 110 Å². The Morgan fingerprint density at radius 1 is 1.25 bits per heavy atom. The van der Waals surface area contributed by atoms with Crippen LogP contribution in [0.5, 0.6) is 5.75 Å². The van der Waals surface area contributed by atoms with Crippen LogP contribution in [0.15, 0.2) is 59.9 Å². The summed E-state index contributed by atoms with van der Waals surface area (Å²) < 4.78 is 49.0. The van der Waals surface area contributed by atoms with Crippen LogP contribution in [0.3, 0.4) is 0 Å². The van der Waals surface area contributed by atoms with E-state index in [1.54, 1.807) is 10.9 Å². The molecule has 0 fully saturated rings. The first-order valence-electron chi connectivity index (χ1n) is 12.9. The number of hydrogen-bond acceptors (Lipinski definition) is 7. The second kappa shape index (κ2) is 11.2. The van der Waals surface area contributed by atoms with Crippen LogP contribution in [0.1, 0.15) is 43.1 Å². The fraction of sp³-hybridized carbons (Fsp3) is 0.370. The minimum absolute atomic E-state index is 0.0269. The zero-order valence-electron chi connectivity index (χ0n) is 22.3. The molecule has 2 atom stereocenters. The second-order valence-electron chi connectivity index (χ2n) is 10.2. The van der Waals surface area contributed by atoms with E-state index in [1.165, 1.54) is 12.4 Å². The molecule has 0 radical (unpaired) electrons. The SMILES string of the molecule is CC(C)N(C)Cc1ccc2c(c1)OCCC2n1cc(CC2C(=O)NC=CN2S(=O)(=O)c2ccc(F)c(Cl)c2)nn1. The molecule has 1 amide bonds. The molecule has 0 saturated carbocycles. The molecule has 0 aliphatic carbocycles. The number of fused-ring (bicyclic) bond motifs is 1. The Morgan fingerprint density at radius 2 is 2.05 bits per heavy atom. The number of ether oxygens (including phenoxy) is 1. The highest BCUT2D eigenvalue weighted by atomic mass is 35.5. The van der Waals surface area contributed by atoms with Gasteiger partial charge in [0, 0.05) is 49.6 Å². The summed E-state index contributed by atoms with van der Waals surface area (Å²) in [6.45, 7) is 5.60. The quantitative estimate of drug-likeness (QED) is 0.429. The summed E-state index contributed by atoms with van der Waals surface area (Å²) in [4.78, 5) is 14.8. The molecule has 3 aromatic rings. The number of nitrogens with zero attached hydrogens (tertiary/aromatic N) is 5. The van der Waals surface area contributed by atoms with Gasteiger partial charge in [0.15, 0.2) is 0 Å². The molecule has 0 spiro atoms. The van der Waals surface area contributed by atoms with Crippen molar-refractivity contribution in [3.05, 3.63) is 82.7 Å². The number of carbonyl (C=O) groups excluding carboxylic acids is 1. The third-order valence-electron chi connectivity index (χ3n) is 7.20. The molecule has 10 nitrogen and oxygen atoms in total. The molecule has 3 heterocycles. The van der Waals surface area contributed by atoms with E-state index < -0.39 is 27.8 Å². The molecule has 40 heavy (non-hydrogen) atoms. The van der Waals surface area contributed by atoms with Crippen molar-refractivity contribution in [1.82, 2.24) is 29.5 Å². The largest absolute Gasteiger partial charge is 0.493 e. The van der Waals surface area contributed by atoms with Gasteiger partial charge in [-0.05, 0) is 50.7 Å². The molecule has 212 valence electrons. The average Bonchev–Trinajstić information content (AvgIpc) is 3.39. The molecule has 1 aromatic heterocycles. The number of amides is 1. The molecule has 2 aromatic carbocycles. The average molecular weight is 589 g/mol. The van der Waals surface area contributed by atoms with Gasteiger partial charge < -0.3 is 10.1 Å². The lowest BCUT2D eigenvalue weighted by Gasteiger charge is -2.31. The van der Waals surface area contributed by atoms with Crippen molar-refractivity contribution < 1.29 is 22.3 Å². The van der Waals surface area contributed by atoms with E-state index in [9.17, 15) is 17.6 Å².